The van der Waals surface area contributed by atoms with Gasteiger partial charge in [-0.1, -0.05) is 6.07 Å². The quantitative estimate of drug-likeness (QED) is 0.780. The highest BCUT2D eigenvalue weighted by Crippen LogP contribution is 2.25. The Morgan fingerprint density at radius 3 is 2.88 bits per heavy atom. The van der Waals surface area contributed by atoms with Gasteiger partial charge in [-0.15, -0.1) is 11.3 Å². The molecule has 0 bridgehead atoms. The number of pyridine rings is 1. The van der Waals surface area contributed by atoms with Crippen LogP contribution in [0.25, 0.3) is 10.7 Å². The van der Waals surface area contributed by atoms with E-state index in [4.69, 9.17) is 4.74 Å². The van der Waals surface area contributed by atoms with Crippen molar-refractivity contribution < 1.29 is 14.3 Å². The number of methoxy groups -OCH3 is 2. The summed E-state index contributed by atoms with van der Waals surface area (Å²) in [6.45, 7) is 0. The minimum Gasteiger partial charge on any atom is -0.481 e. The van der Waals surface area contributed by atoms with Crippen molar-refractivity contribution in [1.29, 1.82) is 0 Å². The SMILES string of the molecule is COC(=O)c1cnc(-c2cccc(OC)n2)s1. The Labute approximate surface area is 102 Å². The standard InChI is InChI=1S/C11H10N2O3S/c1-15-9-5-3-4-7(13-9)10-12-6-8(17-10)11(14)16-2/h3-6H,1-2H3. The molecule has 0 saturated heterocycles. The molecular weight excluding hydrogens is 240 g/mol. The summed E-state index contributed by atoms with van der Waals surface area (Å²) in [6, 6.07) is 5.38. The van der Waals surface area contributed by atoms with Crippen LogP contribution in [-0.4, -0.2) is 30.2 Å². The normalized spacial score (nSPS) is 10.0. The topological polar surface area (TPSA) is 61.3 Å². The molecule has 5 nitrogen and oxygen atoms in total. The second-order valence-electron chi connectivity index (χ2n) is 3.09. The second kappa shape index (κ2) is 4.92. The minimum atomic E-state index is -0.392. The van der Waals surface area contributed by atoms with Crippen molar-refractivity contribution in [2.75, 3.05) is 14.2 Å². The fourth-order valence-electron chi connectivity index (χ4n) is 1.24. The molecule has 0 aliphatic carbocycles. The summed E-state index contributed by atoms with van der Waals surface area (Å²) in [5.74, 6) is 0.119. The van der Waals surface area contributed by atoms with Crippen molar-refractivity contribution >= 4 is 17.3 Å². The Kier molecular flexibility index (Phi) is 3.34. The van der Waals surface area contributed by atoms with E-state index in [0.29, 0.717) is 21.5 Å². The van der Waals surface area contributed by atoms with Crippen LogP contribution in [0.4, 0.5) is 0 Å². The zero-order valence-corrected chi connectivity index (χ0v) is 10.2. The molecule has 17 heavy (non-hydrogen) atoms. The van der Waals surface area contributed by atoms with Crippen LogP contribution in [0, 0.1) is 0 Å². The molecule has 2 aromatic rings. The fourth-order valence-corrected chi connectivity index (χ4v) is 2.04. The maximum atomic E-state index is 11.3. The molecule has 0 aromatic carbocycles. The van der Waals surface area contributed by atoms with E-state index in [-0.39, 0.29) is 0 Å². The van der Waals surface area contributed by atoms with Gasteiger partial charge in [0.15, 0.2) is 0 Å². The summed E-state index contributed by atoms with van der Waals surface area (Å²) in [6.07, 6.45) is 1.48. The summed E-state index contributed by atoms with van der Waals surface area (Å²) >= 11 is 1.23. The number of hydrogen-bond donors (Lipinski definition) is 0. The highest BCUT2D eigenvalue weighted by molar-refractivity contribution is 7.16. The maximum absolute atomic E-state index is 11.3. The molecule has 2 rings (SSSR count). The van der Waals surface area contributed by atoms with Gasteiger partial charge in [-0.3, -0.25) is 0 Å². The molecule has 88 valence electrons. The van der Waals surface area contributed by atoms with E-state index in [0.717, 1.165) is 0 Å². The highest BCUT2D eigenvalue weighted by Gasteiger charge is 2.12. The molecule has 0 N–H and O–H groups in total. The predicted molar refractivity (Wildman–Crippen MR) is 63.2 cm³/mol. The molecule has 0 aliphatic heterocycles. The smallest absolute Gasteiger partial charge is 0.349 e. The molecule has 0 aliphatic rings. The van der Waals surface area contributed by atoms with Crippen molar-refractivity contribution in [3.05, 3.63) is 29.3 Å². The lowest BCUT2D eigenvalue weighted by atomic mass is 10.3. The van der Waals surface area contributed by atoms with Crippen LogP contribution in [0.2, 0.25) is 0 Å². The zero-order valence-electron chi connectivity index (χ0n) is 9.34. The van der Waals surface area contributed by atoms with Crippen molar-refractivity contribution in [2.45, 2.75) is 0 Å². The van der Waals surface area contributed by atoms with Gasteiger partial charge < -0.3 is 9.47 Å². The Hall–Kier alpha value is -1.95. The van der Waals surface area contributed by atoms with E-state index in [9.17, 15) is 4.79 Å². The third-order valence-electron chi connectivity index (χ3n) is 2.04. The van der Waals surface area contributed by atoms with Crippen LogP contribution >= 0.6 is 11.3 Å². The average Bonchev–Trinajstić information content (AvgIpc) is 2.87. The third-order valence-corrected chi connectivity index (χ3v) is 3.04. The molecular formula is C11H10N2O3S. The monoisotopic (exact) mass is 250 g/mol. The van der Waals surface area contributed by atoms with Crippen LogP contribution in [-0.2, 0) is 4.74 Å². The first kappa shape index (κ1) is 11.5. The van der Waals surface area contributed by atoms with Crippen LogP contribution < -0.4 is 4.74 Å². The van der Waals surface area contributed by atoms with Crippen LogP contribution in [0.3, 0.4) is 0 Å². The molecule has 6 heteroatoms. The Morgan fingerprint density at radius 2 is 2.18 bits per heavy atom. The second-order valence-corrected chi connectivity index (χ2v) is 4.12. The van der Waals surface area contributed by atoms with Crippen molar-refractivity contribution in [2.24, 2.45) is 0 Å². The number of hydrogen-bond acceptors (Lipinski definition) is 6. The first-order chi connectivity index (χ1) is 8.24. The number of esters is 1. The van der Waals surface area contributed by atoms with Gasteiger partial charge in [-0.25, -0.2) is 14.8 Å². The number of nitrogens with zero attached hydrogens (tertiary/aromatic N) is 2. The molecule has 0 spiro atoms. The fraction of sp³-hybridized carbons (Fsp3) is 0.182. The molecule has 0 saturated carbocycles. The molecule has 0 amide bonds. The Bertz CT molecular complexity index is 539. The lowest BCUT2D eigenvalue weighted by Crippen LogP contribution is -1.96. The van der Waals surface area contributed by atoms with Gasteiger partial charge in [0.05, 0.1) is 20.4 Å². The molecule has 2 heterocycles. The first-order valence-electron chi connectivity index (χ1n) is 4.80. The number of thiazole rings is 1. The average molecular weight is 250 g/mol. The van der Waals surface area contributed by atoms with Crippen LogP contribution in [0.15, 0.2) is 24.4 Å². The van der Waals surface area contributed by atoms with Crippen molar-refractivity contribution in [1.82, 2.24) is 9.97 Å². The Morgan fingerprint density at radius 1 is 1.35 bits per heavy atom. The van der Waals surface area contributed by atoms with Gasteiger partial charge in [0.1, 0.15) is 15.6 Å². The van der Waals surface area contributed by atoms with Gasteiger partial charge in [-0.2, -0.15) is 0 Å². The zero-order chi connectivity index (χ0) is 12.3. The van der Waals surface area contributed by atoms with Gasteiger partial charge in [0.25, 0.3) is 0 Å². The number of carbonyl (C=O) groups is 1. The highest BCUT2D eigenvalue weighted by atomic mass is 32.1. The van der Waals surface area contributed by atoms with Gasteiger partial charge >= 0.3 is 5.97 Å². The number of ether oxygens (including phenoxy) is 2. The molecule has 0 atom stereocenters. The predicted octanol–water partition coefficient (Wildman–Crippen LogP) is 2.00. The summed E-state index contributed by atoms with van der Waals surface area (Å²) in [5, 5.41) is 0.657. The largest absolute Gasteiger partial charge is 0.481 e. The summed E-state index contributed by atoms with van der Waals surface area (Å²) < 4.78 is 9.64. The first-order valence-corrected chi connectivity index (χ1v) is 5.62. The van der Waals surface area contributed by atoms with Gasteiger partial charge in [-0.05, 0) is 6.07 Å². The van der Waals surface area contributed by atoms with Gasteiger partial charge in [0.2, 0.25) is 5.88 Å². The lowest BCUT2D eigenvalue weighted by molar-refractivity contribution is 0.0606. The summed E-state index contributed by atoms with van der Waals surface area (Å²) in [5.41, 5.74) is 0.671. The third kappa shape index (κ3) is 2.42. The number of carbonyl (C=O) groups excluding carboxylic acids is 1. The summed E-state index contributed by atoms with van der Waals surface area (Å²) in [4.78, 5) is 20.1. The molecule has 0 unspecified atom stereocenters. The van der Waals surface area contributed by atoms with E-state index < -0.39 is 5.97 Å². The van der Waals surface area contributed by atoms with Crippen molar-refractivity contribution in [3.63, 3.8) is 0 Å². The van der Waals surface area contributed by atoms with E-state index in [1.54, 1.807) is 13.2 Å². The Balaban J connectivity index is 2.33. The van der Waals surface area contributed by atoms with E-state index in [2.05, 4.69) is 14.7 Å². The summed E-state index contributed by atoms with van der Waals surface area (Å²) in [7, 11) is 2.89. The number of rotatable bonds is 3. The molecule has 0 fully saturated rings. The van der Waals surface area contributed by atoms with E-state index in [1.165, 1.54) is 24.6 Å². The van der Waals surface area contributed by atoms with Crippen LogP contribution in [0.5, 0.6) is 5.88 Å². The molecule has 2 aromatic heterocycles. The maximum Gasteiger partial charge on any atom is 0.349 e. The van der Waals surface area contributed by atoms with Crippen molar-refractivity contribution in [3.8, 4) is 16.6 Å². The van der Waals surface area contributed by atoms with E-state index >= 15 is 0 Å². The van der Waals surface area contributed by atoms with E-state index in [1.807, 2.05) is 12.1 Å². The van der Waals surface area contributed by atoms with Gasteiger partial charge in [0, 0.05) is 6.07 Å². The van der Waals surface area contributed by atoms with Crippen LogP contribution in [0.1, 0.15) is 9.67 Å². The molecule has 0 radical (unpaired) electrons. The minimum absolute atomic E-state index is 0.392. The number of aromatic nitrogens is 2. The lowest BCUT2D eigenvalue weighted by Gasteiger charge is -1.99.